The van der Waals surface area contributed by atoms with Crippen LogP contribution in [-0.4, -0.2) is 216 Å². The van der Waals surface area contributed by atoms with Gasteiger partial charge in [-0.05, 0) is 112 Å². The third kappa shape index (κ3) is 9.46. The summed E-state index contributed by atoms with van der Waals surface area (Å²) >= 11 is 0. The summed E-state index contributed by atoms with van der Waals surface area (Å²) in [5.41, 5.74) is -4.36. The molecular weight excluding hydrogens is 1050 g/mol. The predicted octanol–water partition coefficient (Wildman–Crippen LogP) is 0.503. The van der Waals surface area contributed by atoms with E-state index in [9.17, 15) is 70.6 Å². The van der Waals surface area contributed by atoms with Crippen molar-refractivity contribution in [2.75, 3.05) is 19.8 Å². The highest BCUT2D eigenvalue weighted by atomic mass is 16.8. The summed E-state index contributed by atoms with van der Waals surface area (Å²) in [5, 5.41) is 121. The first-order valence-corrected chi connectivity index (χ1v) is 28.5. The van der Waals surface area contributed by atoms with Crippen LogP contribution in [0.3, 0.4) is 0 Å². The smallest absolute Gasteiger partial charge is 0.341 e. The molecule has 5 aliphatic carbocycles. The van der Waals surface area contributed by atoms with E-state index in [2.05, 4.69) is 40.7 Å². The van der Waals surface area contributed by atoms with Gasteiger partial charge in [0, 0.05) is 11.0 Å². The lowest BCUT2D eigenvalue weighted by atomic mass is 9.33. The van der Waals surface area contributed by atoms with Crippen LogP contribution in [0.15, 0.2) is 23.3 Å². The Morgan fingerprint density at radius 2 is 1.29 bits per heavy atom. The normalized spacial score (nSPS) is 51.4. The van der Waals surface area contributed by atoms with Gasteiger partial charge in [0.1, 0.15) is 67.1 Å². The maximum absolute atomic E-state index is 13.9. The number of hydrogen-bond acceptors (Lipinski definition) is 22. The number of carbonyl (C=O) groups is 3. The van der Waals surface area contributed by atoms with Gasteiger partial charge < -0.3 is 98.8 Å². The first-order valence-electron chi connectivity index (χ1n) is 28.5. The highest BCUT2D eigenvalue weighted by molar-refractivity contribution is 5.88. The number of rotatable bonds is 14. The van der Waals surface area contributed by atoms with E-state index in [1.54, 1.807) is 33.8 Å². The number of carbonyl (C=O) groups excluding carboxylic acids is 2. The van der Waals surface area contributed by atoms with Crippen molar-refractivity contribution >= 4 is 17.9 Å². The van der Waals surface area contributed by atoms with Gasteiger partial charge in [-0.25, -0.2) is 14.4 Å². The quantitative estimate of drug-likeness (QED) is 0.0371. The van der Waals surface area contributed by atoms with E-state index in [-0.39, 0.29) is 18.3 Å². The third-order valence-electron chi connectivity index (χ3n) is 22.0. The highest BCUT2D eigenvalue weighted by Crippen LogP contribution is 2.76. The van der Waals surface area contributed by atoms with E-state index < -0.39 is 198 Å². The Morgan fingerprint density at radius 3 is 1.85 bits per heavy atom. The molecule has 9 rings (SSSR count). The number of fused-ring (bicyclic) bond motifs is 7. The number of aliphatic hydroxyl groups is 10. The molecule has 0 aromatic carbocycles. The number of aliphatic hydroxyl groups excluding tert-OH is 10. The van der Waals surface area contributed by atoms with Crippen LogP contribution in [0, 0.1) is 50.2 Å². The first-order chi connectivity index (χ1) is 37.3. The summed E-state index contributed by atoms with van der Waals surface area (Å²) in [5.74, 6) is -3.47. The van der Waals surface area contributed by atoms with E-state index in [1.165, 1.54) is 0 Å². The molecule has 0 amide bonds. The molecule has 27 atom stereocenters. The second kappa shape index (κ2) is 21.6. The van der Waals surface area contributed by atoms with E-state index in [0.717, 1.165) is 5.57 Å². The highest BCUT2D eigenvalue weighted by Gasteiger charge is 2.74. The fourth-order valence-electron chi connectivity index (χ4n) is 16.6. The Kier molecular flexibility index (Phi) is 16.7. The van der Waals surface area contributed by atoms with Gasteiger partial charge in [-0.1, -0.05) is 66.2 Å². The third-order valence-corrected chi connectivity index (χ3v) is 22.0. The van der Waals surface area contributed by atoms with E-state index in [4.69, 9.17) is 42.6 Å². The topological polar surface area (TPSA) is 360 Å². The van der Waals surface area contributed by atoms with Crippen LogP contribution in [0.1, 0.15) is 121 Å². The molecule has 4 heterocycles. The first kappa shape index (κ1) is 61.8. The molecule has 0 radical (unpaired) electrons. The summed E-state index contributed by atoms with van der Waals surface area (Å²) in [7, 11) is 0. The number of carboxylic acid groups (broad SMARTS) is 1. The van der Waals surface area contributed by atoms with Crippen molar-refractivity contribution in [1.82, 2.24) is 0 Å². The van der Waals surface area contributed by atoms with Crippen molar-refractivity contribution < 1.29 is 113 Å². The Labute approximate surface area is 466 Å². The van der Waals surface area contributed by atoms with Crippen LogP contribution in [0.2, 0.25) is 0 Å². The van der Waals surface area contributed by atoms with Crippen LogP contribution in [0.4, 0.5) is 0 Å². The average molecular weight is 1140 g/mol. The number of aliphatic carboxylic acids is 1. The Hall–Kier alpha value is -2.79. The van der Waals surface area contributed by atoms with Gasteiger partial charge in [-0.2, -0.15) is 0 Å². The van der Waals surface area contributed by atoms with Crippen molar-refractivity contribution in [3.05, 3.63) is 23.3 Å². The van der Waals surface area contributed by atoms with Crippen molar-refractivity contribution in [1.29, 1.82) is 0 Å². The molecule has 80 heavy (non-hydrogen) atoms. The van der Waals surface area contributed by atoms with Crippen molar-refractivity contribution in [2.24, 2.45) is 50.2 Å². The van der Waals surface area contributed by atoms with Crippen LogP contribution < -0.4 is 0 Å². The van der Waals surface area contributed by atoms with Crippen molar-refractivity contribution in [3.63, 3.8) is 0 Å². The van der Waals surface area contributed by atoms with Gasteiger partial charge in [0.05, 0.1) is 43.5 Å². The number of ether oxygens (including phenoxy) is 9. The summed E-state index contributed by atoms with van der Waals surface area (Å²) in [4.78, 5) is 40.7. The molecule has 4 saturated heterocycles. The Bertz CT molecular complexity index is 2400. The largest absolute Gasteiger partial charge is 0.479 e. The van der Waals surface area contributed by atoms with Crippen LogP contribution >= 0.6 is 0 Å². The lowest BCUT2D eigenvalue weighted by Gasteiger charge is -2.72. The van der Waals surface area contributed by atoms with Crippen molar-refractivity contribution in [2.45, 2.75) is 243 Å². The number of epoxide rings is 1. The number of allylic oxidation sites excluding steroid dienone is 3. The van der Waals surface area contributed by atoms with Gasteiger partial charge in [0.15, 0.2) is 36.7 Å². The monoisotopic (exact) mass is 1140 g/mol. The average Bonchev–Trinajstić information content (AvgIpc) is 4.08. The predicted molar refractivity (Wildman–Crippen MR) is 275 cm³/mol. The SMILES string of the molecule is C/C=C(\C)C(=O)O[C@H]1[C@H](OC(=O)C2(C)OC2C)C(C)(C)C[C@H]2C3=CC[C@@H]4[C@@]5(C)CC[C@H](O[C@@H]6O[C@H](C(=O)O)[C@@H](O)[C@H](O[C@@H]7O[C@@H](CO)[C@H](O)[C@H]7O)[C@H]6O[C@@H]6O[C@H](CO)[C@@H](O)[C@H](O)[C@H]6O)C(C)(C)[C@@H]5CC[C@@]4(C)[C@]3(C)C[C@@H](O)[C@]21CO. The molecular formula is C57H88O23. The Balaban J connectivity index is 1.03. The van der Waals surface area contributed by atoms with E-state index >= 15 is 0 Å². The molecule has 2 unspecified atom stereocenters. The fourth-order valence-corrected chi connectivity index (χ4v) is 16.6. The Morgan fingerprint density at radius 1 is 0.700 bits per heavy atom. The molecule has 0 spiro atoms. The molecule has 11 N–H and O–H groups in total. The fraction of sp³-hybridized carbons (Fsp3) is 0.877. The second-order valence-corrected chi connectivity index (χ2v) is 26.9. The summed E-state index contributed by atoms with van der Waals surface area (Å²) < 4.78 is 55.0. The lowest BCUT2D eigenvalue weighted by molar-refractivity contribution is -0.386. The van der Waals surface area contributed by atoms with Gasteiger partial charge in [0.2, 0.25) is 0 Å². The minimum atomic E-state index is -2.11. The molecule has 0 aromatic rings. The molecule has 9 aliphatic rings. The van der Waals surface area contributed by atoms with Gasteiger partial charge in [-0.15, -0.1) is 0 Å². The van der Waals surface area contributed by atoms with E-state index in [0.29, 0.717) is 44.1 Å². The summed E-state index contributed by atoms with van der Waals surface area (Å²) in [6.07, 6.45) is -22.4. The number of carboxylic acids is 1. The number of hydrogen-bond donors (Lipinski definition) is 11. The maximum Gasteiger partial charge on any atom is 0.341 e. The molecule has 0 bridgehead atoms. The molecule has 23 nitrogen and oxygen atoms in total. The lowest BCUT2D eigenvalue weighted by Crippen LogP contribution is -2.72. The van der Waals surface area contributed by atoms with Crippen LogP contribution in [0.5, 0.6) is 0 Å². The molecule has 0 aromatic heterocycles. The van der Waals surface area contributed by atoms with Gasteiger partial charge >= 0.3 is 17.9 Å². The van der Waals surface area contributed by atoms with E-state index in [1.807, 2.05) is 13.8 Å². The zero-order valence-electron chi connectivity index (χ0n) is 47.7. The van der Waals surface area contributed by atoms with Gasteiger partial charge in [0.25, 0.3) is 0 Å². The van der Waals surface area contributed by atoms with Gasteiger partial charge in [-0.3, -0.25) is 0 Å². The summed E-state index contributed by atoms with van der Waals surface area (Å²) in [6, 6.07) is 0. The molecule has 4 saturated carbocycles. The van der Waals surface area contributed by atoms with Crippen LogP contribution in [0.25, 0.3) is 0 Å². The maximum atomic E-state index is 13.9. The molecule has 23 heteroatoms. The molecule has 454 valence electrons. The molecule has 8 fully saturated rings. The van der Waals surface area contributed by atoms with Crippen molar-refractivity contribution in [3.8, 4) is 0 Å². The summed E-state index contributed by atoms with van der Waals surface area (Å²) in [6.45, 7) is 19.4. The minimum Gasteiger partial charge on any atom is -0.479 e. The van der Waals surface area contributed by atoms with Crippen LogP contribution in [-0.2, 0) is 57.0 Å². The minimum absolute atomic E-state index is 0.0163. The second-order valence-electron chi connectivity index (χ2n) is 26.9. The zero-order valence-corrected chi connectivity index (χ0v) is 47.7. The zero-order chi connectivity index (χ0) is 58.9. The standard InChI is InChI=1S/C57H88O23/c1-12-24(2)46(70)78-44-43(79-50(71)56(11)25(3)80-56)51(4,5)19-27-26-13-14-31-53(8)17-16-33(52(6,7)30(53)15-18-54(31,9)55(26,10)20-32(61)57(27,44)23-60)74-49-42(77-48-38(66)36(64)34(62)28(21-58)72-48)40(39(67)41(76-49)45(68)69)75-47-37(65)35(63)29(22-59)73-47/h12-13,25,27-44,47-49,58-67H,14-23H2,1-11H3,(H,68,69)/b24-12+/t25?,27-,28+,29-,30-,31+,32+,33-,34+,35-,36-,37+,38+,39-,40-,41-,42+,43-,44-,47-,48-,49+,53-,54+,55+,56?,57-/m0/s1. The number of esters is 2. The molecule has 4 aliphatic heterocycles.